The van der Waals surface area contributed by atoms with Crippen LogP contribution in [-0.4, -0.2) is 71.5 Å². The van der Waals surface area contributed by atoms with E-state index in [9.17, 15) is 48.3 Å². The maximum absolute atomic E-state index is 14.6. The molecule has 0 saturated heterocycles. The van der Waals surface area contributed by atoms with Gasteiger partial charge in [0.05, 0.1) is 20.8 Å². The first kappa shape index (κ1) is 53.4. The van der Waals surface area contributed by atoms with E-state index in [4.69, 9.17) is 0 Å². The number of allylic oxidation sites excluding steroid dienone is 1. The summed E-state index contributed by atoms with van der Waals surface area (Å²) in [5.74, 6) is 3.57. The van der Waals surface area contributed by atoms with Crippen LogP contribution in [0.5, 0.6) is 0 Å². The minimum atomic E-state index is -4.31. The number of sulfonamides is 1. The molecule has 0 heterocycles. The molecule has 69 heavy (non-hydrogen) atoms. The van der Waals surface area contributed by atoms with Gasteiger partial charge in [0.25, 0.3) is 17.1 Å². The fourth-order valence-corrected chi connectivity index (χ4v) is 14.9. The number of hydrogen-bond donors (Lipinski definition) is 3. The predicted octanol–water partition coefficient (Wildman–Crippen LogP) is 10.5. The van der Waals surface area contributed by atoms with E-state index in [0.717, 1.165) is 36.7 Å². The number of unbranched alkanes of at least 4 members (excludes halogenated alkanes) is 2. The molecule has 18 heteroatoms. The predicted molar refractivity (Wildman–Crippen MR) is 266 cm³/mol. The molecule has 3 unspecified atom stereocenters. The zero-order valence-corrected chi connectivity index (χ0v) is 42.1. The van der Waals surface area contributed by atoms with E-state index >= 15 is 0 Å². The molecule has 0 radical (unpaired) electrons. The van der Waals surface area contributed by atoms with E-state index in [0.29, 0.717) is 68.2 Å². The molecule has 0 bridgehead atoms. The number of nitrogens with one attached hydrogen (secondary N) is 3. The van der Waals surface area contributed by atoms with Crippen molar-refractivity contribution in [2.75, 3.05) is 31.5 Å². The molecule has 0 spiro atoms. The van der Waals surface area contributed by atoms with E-state index in [1.165, 1.54) is 91.2 Å². The van der Waals surface area contributed by atoms with Crippen molar-refractivity contribution in [3.8, 4) is 0 Å². The van der Waals surface area contributed by atoms with Gasteiger partial charge in [-0.3, -0.25) is 39.9 Å². The Kier molecular flexibility index (Phi) is 18.0. The summed E-state index contributed by atoms with van der Waals surface area (Å²) < 4.78 is 30.6. The van der Waals surface area contributed by atoms with Gasteiger partial charge in [-0.2, -0.15) is 4.31 Å². The van der Waals surface area contributed by atoms with Crippen molar-refractivity contribution in [2.24, 2.45) is 46.3 Å². The number of carbonyl (C=O) groups is 2. The summed E-state index contributed by atoms with van der Waals surface area (Å²) in [7, 11) is -4.31. The highest BCUT2D eigenvalue weighted by atomic mass is 32.2. The van der Waals surface area contributed by atoms with Gasteiger partial charge in [-0.05, 0) is 129 Å². The first-order chi connectivity index (χ1) is 32.8. The lowest BCUT2D eigenvalue weighted by Crippen LogP contribution is -2.53. The van der Waals surface area contributed by atoms with Gasteiger partial charge in [0.15, 0.2) is 4.90 Å². The lowest BCUT2D eigenvalue weighted by molar-refractivity contribution is -0.393. The lowest BCUT2D eigenvalue weighted by atomic mass is 9.47. The molecule has 2 amide bonds. The van der Waals surface area contributed by atoms with E-state index in [1.807, 2.05) is 0 Å². The fourth-order valence-electron chi connectivity index (χ4n) is 13.1. The molecule has 3 saturated carbocycles. The smallest absolute Gasteiger partial charge is 0.299 e. The molecule has 17 nitrogen and oxygen atoms in total. The molecular weight excluding hydrogens is 903 g/mol. The van der Waals surface area contributed by atoms with Crippen molar-refractivity contribution < 1.29 is 32.8 Å². The highest BCUT2D eigenvalue weighted by molar-refractivity contribution is 7.89. The Bertz CT molecular complexity index is 2330. The minimum Gasteiger partial charge on any atom is -0.379 e. The highest BCUT2D eigenvalue weighted by Crippen LogP contribution is 2.67. The molecule has 2 aromatic rings. The third kappa shape index (κ3) is 12.5. The molecule has 8 atom stereocenters. The Labute approximate surface area is 407 Å². The van der Waals surface area contributed by atoms with Crippen molar-refractivity contribution in [3.63, 3.8) is 0 Å². The summed E-state index contributed by atoms with van der Waals surface area (Å²) in [4.78, 5) is 57.4. The van der Waals surface area contributed by atoms with Crippen molar-refractivity contribution in [1.82, 2.24) is 14.9 Å². The van der Waals surface area contributed by atoms with Crippen molar-refractivity contribution in [3.05, 3.63) is 84.5 Å². The number of hydrogen-bond acceptors (Lipinski definition) is 11. The standard InChI is InChI=1S/C51H75N7O10S/c1-35(2)13-11-14-36(3)41-21-22-42-40-20-18-37-33-38(24-27-50(37,4)43(40)25-28-51(41,42)5)55(69(67,68)47-16-9-8-15-45(47)57(63)64)32-12-30-53-49(60)26-31-54-48(59)17-7-6-10-29-52-44-23-19-39(56(61)62)34-46(44)58(65)66/h8-9,15-16,18-19,23,34-36,38,40-43,52H,6-7,10-14,17,20-22,24-33H2,1-5H3,(H,53,60)(H,54,59)/t36-,38+,40?,41-,42?,43?,50+,51-/m1/s1. The summed E-state index contributed by atoms with van der Waals surface area (Å²) in [6.45, 7) is 12.9. The average Bonchev–Trinajstić information content (AvgIpc) is 3.67. The van der Waals surface area contributed by atoms with Crippen LogP contribution in [0.15, 0.2) is 59.0 Å². The van der Waals surface area contributed by atoms with E-state index in [2.05, 4.69) is 56.6 Å². The average molecular weight is 978 g/mol. The topological polar surface area (TPSA) is 237 Å². The van der Waals surface area contributed by atoms with Gasteiger partial charge in [-0.1, -0.05) is 84.1 Å². The quantitative estimate of drug-likeness (QED) is 0.0366. The Balaban J connectivity index is 0.995. The van der Waals surface area contributed by atoms with Crippen LogP contribution in [0.3, 0.4) is 0 Å². The van der Waals surface area contributed by atoms with Crippen LogP contribution >= 0.6 is 0 Å². The van der Waals surface area contributed by atoms with Gasteiger partial charge in [-0.25, -0.2) is 8.42 Å². The van der Waals surface area contributed by atoms with Gasteiger partial charge in [0.2, 0.25) is 21.8 Å². The number of nitro groups is 3. The Morgan fingerprint density at radius 3 is 2.22 bits per heavy atom. The van der Waals surface area contributed by atoms with Gasteiger partial charge in [0, 0.05) is 57.2 Å². The number of nitro benzene ring substituents is 3. The maximum Gasteiger partial charge on any atom is 0.299 e. The molecule has 3 fully saturated rings. The molecule has 3 N–H and O–H groups in total. The first-order valence-electron chi connectivity index (χ1n) is 25.4. The molecule has 0 aromatic heterocycles. The molecule has 2 aromatic carbocycles. The SMILES string of the molecule is CC(C)CCC[C@@H](C)[C@H]1CCC2C3CC=C4C[C@@H](N(CCCNC(=O)CCNC(=O)CCCCCNc5ccc([N+](=O)[O-])cc5[N+](=O)[O-])S(=O)(=O)c5ccccc5[N+](=O)[O-])CC[C@]4(C)C3CC[C@@]21C. The summed E-state index contributed by atoms with van der Waals surface area (Å²) in [6.07, 6.45) is 16.8. The van der Waals surface area contributed by atoms with Gasteiger partial charge in [-0.15, -0.1) is 0 Å². The number of amides is 2. The number of nitrogens with zero attached hydrogens (tertiary/aromatic N) is 4. The van der Waals surface area contributed by atoms with Crippen LogP contribution in [0, 0.1) is 76.7 Å². The normalized spacial score (nSPS) is 25.7. The Hall–Kier alpha value is -4.97. The fraction of sp³-hybridized carbons (Fsp3) is 0.686. The third-order valence-corrected chi connectivity index (χ3v) is 18.7. The van der Waals surface area contributed by atoms with Crippen LogP contribution in [-0.2, 0) is 19.6 Å². The zero-order chi connectivity index (χ0) is 50.1. The molecule has 4 aliphatic carbocycles. The molecule has 0 aliphatic heterocycles. The lowest BCUT2D eigenvalue weighted by Gasteiger charge is -2.59. The Morgan fingerprint density at radius 1 is 0.768 bits per heavy atom. The second kappa shape index (κ2) is 23.3. The number of anilines is 1. The third-order valence-electron chi connectivity index (χ3n) is 16.7. The number of benzene rings is 2. The van der Waals surface area contributed by atoms with E-state index in [-0.39, 0.29) is 77.7 Å². The first-order valence-corrected chi connectivity index (χ1v) is 26.9. The van der Waals surface area contributed by atoms with Crippen LogP contribution in [0.2, 0.25) is 0 Å². The second-order valence-electron chi connectivity index (χ2n) is 21.3. The summed E-state index contributed by atoms with van der Waals surface area (Å²) in [6, 6.07) is 8.53. The van der Waals surface area contributed by atoms with Crippen LogP contribution in [0.1, 0.15) is 144 Å². The number of para-hydroxylation sites is 1. The Morgan fingerprint density at radius 2 is 1.49 bits per heavy atom. The summed E-state index contributed by atoms with van der Waals surface area (Å²) in [5.41, 5.74) is 0.611. The zero-order valence-electron chi connectivity index (χ0n) is 41.3. The van der Waals surface area contributed by atoms with Crippen molar-refractivity contribution in [1.29, 1.82) is 0 Å². The second-order valence-corrected chi connectivity index (χ2v) is 23.1. The van der Waals surface area contributed by atoms with E-state index in [1.54, 1.807) is 0 Å². The molecule has 4 aliphatic rings. The summed E-state index contributed by atoms with van der Waals surface area (Å²) >= 11 is 0. The van der Waals surface area contributed by atoms with Gasteiger partial charge < -0.3 is 16.0 Å². The largest absolute Gasteiger partial charge is 0.379 e. The number of rotatable bonds is 25. The van der Waals surface area contributed by atoms with Crippen LogP contribution in [0.25, 0.3) is 0 Å². The summed E-state index contributed by atoms with van der Waals surface area (Å²) in [5, 5.41) is 43.0. The van der Waals surface area contributed by atoms with Gasteiger partial charge in [0.1, 0.15) is 5.69 Å². The van der Waals surface area contributed by atoms with Crippen LogP contribution < -0.4 is 16.0 Å². The van der Waals surface area contributed by atoms with Gasteiger partial charge >= 0.3 is 0 Å². The molecule has 6 rings (SSSR count). The molecule has 380 valence electrons. The van der Waals surface area contributed by atoms with E-state index < -0.39 is 30.5 Å². The minimum absolute atomic E-state index is 0.0252. The number of carbonyl (C=O) groups excluding carboxylic acids is 2. The number of non-ortho nitro benzene ring substituents is 1. The van der Waals surface area contributed by atoms with Crippen molar-refractivity contribution in [2.45, 2.75) is 155 Å². The maximum atomic E-state index is 14.6. The number of fused-ring (bicyclic) bond motifs is 5. The highest BCUT2D eigenvalue weighted by Gasteiger charge is 2.59. The monoisotopic (exact) mass is 978 g/mol. The molecular formula is C51H75N7O10S. The van der Waals surface area contributed by atoms with Crippen molar-refractivity contribution >= 4 is 44.6 Å². The van der Waals surface area contributed by atoms with Crippen LogP contribution in [0.4, 0.5) is 22.7 Å².